The molecule has 0 amide bonds. The lowest BCUT2D eigenvalue weighted by Crippen LogP contribution is -1.98. The van der Waals surface area contributed by atoms with E-state index in [0.29, 0.717) is 0 Å². The van der Waals surface area contributed by atoms with Crippen molar-refractivity contribution in [2.24, 2.45) is 0 Å². The van der Waals surface area contributed by atoms with E-state index < -0.39 is 0 Å². The van der Waals surface area contributed by atoms with Crippen molar-refractivity contribution in [2.45, 2.75) is 0 Å². The van der Waals surface area contributed by atoms with Crippen molar-refractivity contribution in [2.75, 3.05) is 0 Å². The first-order valence-electron chi connectivity index (χ1n) is 14.5. The van der Waals surface area contributed by atoms with Gasteiger partial charge in [0.2, 0.25) is 0 Å². The first-order valence-corrected chi connectivity index (χ1v) is 14.5. The molecule has 5 nitrogen and oxygen atoms in total. The minimum absolute atomic E-state index is 0.938. The van der Waals surface area contributed by atoms with Gasteiger partial charge in [-0.15, -0.1) is 0 Å². The van der Waals surface area contributed by atoms with Gasteiger partial charge in [0.15, 0.2) is 0 Å². The van der Waals surface area contributed by atoms with E-state index in [4.69, 9.17) is 4.98 Å². The number of aromatic nitrogens is 5. The molecule has 0 saturated heterocycles. The highest BCUT2D eigenvalue weighted by atomic mass is 15.0. The highest BCUT2D eigenvalue weighted by Crippen LogP contribution is 2.45. The molecule has 43 heavy (non-hydrogen) atoms. The molecule has 0 saturated carbocycles. The van der Waals surface area contributed by atoms with Crippen molar-refractivity contribution < 1.29 is 0 Å². The fourth-order valence-electron chi connectivity index (χ4n) is 7.29. The fraction of sp³-hybridized carbons (Fsp3) is 0. The highest BCUT2D eigenvalue weighted by molar-refractivity contribution is 6.32. The molecule has 0 bridgehead atoms. The van der Waals surface area contributed by atoms with Crippen LogP contribution in [-0.2, 0) is 0 Å². The van der Waals surface area contributed by atoms with E-state index in [0.717, 1.165) is 44.2 Å². The van der Waals surface area contributed by atoms with Crippen molar-refractivity contribution >= 4 is 70.9 Å². The number of hydrogen-bond acceptors (Lipinski definition) is 2. The predicted octanol–water partition coefficient (Wildman–Crippen LogP) is 9.23. The van der Waals surface area contributed by atoms with Gasteiger partial charge in [-0.1, -0.05) is 66.7 Å². The second kappa shape index (κ2) is 8.30. The van der Waals surface area contributed by atoms with E-state index in [1.807, 2.05) is 18.6 Å². The maximum absolute atomic E-state index is 4.81. The number of imidazole rings is 1. The van der Waals surface area contributed by atoms with Crippen LogP contribution >= 0.6 is 0 Å². The smallest absolute Gasteiger partial charge is 0.145 e. The topological polar surface area (TPSA) is 40.1 Å². The largest absolute Gasteiger partial charge is 0.309 e. The molecule has 0 aliphatic heterocycles. The Balaban J connectivity index is 1.51. The number of benzene rings is 5. The molecule has 5 heteroatoms. The lowest BCUT2D eigenvalue weighted by Gasteiger charge is -2.13. The molecule has 10 aromatic rings. The van der Waals surface area contributed by atoms with Gasteiger partial charge in [-0.05, 0) is 48.5 Å². The van der Waals surface area contributed by atoms with E-state index in [-0.39, 0.29) is 0 Å². The summed E-state index contributed by atoms with van der Waals surface area (Å²) in [5.74, 6) is 0. The minimum atomic E-state index is 0.938. The summed E-state index contributed by atoms with van der Waals surface area (Å²) < 4.78 is 7.08. The molecule has 0 N–H and O–H groups in total. The van der Waals surface area contributed by atoms with Crippen molar-refractivity contribution in [1.82, 2.24) is 23.5 Å². The molecule has 5 aromatic heterocycles. The maximum Gasteiger partial charge on any atom is 0.145 e. The van der Waals surface area contributed by atoms with E-state index in [2.05, 4.69) is 140 Å². The average molecular weight is 550 g/mol. The van der Waals surface area contributed by atoms with Gasteiger partial charge < -0.3 is 9.13 Å². The Morgan fingerprint density at radius 3 is 1.93 bits per heavy atom. The minimum Gasteiger partial charge on any atom is -0.309 e. The molecule has 10 rings (SSSR count). The van der Waals surface area contributed by atoms with Crippen LogP contribution < -0.4 is 0 Å². The highest BCUT2D eigenvalue weighted by Gasteiger charge is 2.23. The van der Waals surface area contributed by atoms with E-state index in [1.54, 1.807) is 0 Å². The van der Waals surface area contributed by atoms with Gasteiger partial charge in [0.25, 0.3) is 0 Å². The normalized spacial score (nSPS) is 12.2. The van der Waals surface area contributed by atoms with Crippen LogP contribution in [0.1, 0.15) is 0 Å². The molecule has 0 aliphatic carbocycles. The SMILES string of the molecule is c1ccc(-n2c3ccccc3c3c4c5ccc6c7cnccc7c7nccn7c6c5n(-c5ccccc5)c4ccc32)cc1. The van der Waals surface area contributed by atoms with Gasteiger partial charge in [-0.3, -0.25) is 9.38 Å². The maximum atomic E-state index is 4.81. The number of nitrogens with zero attached hydrogens (tertiary/aromatic N) is 5. The van der Waals surface area contributed by atoms with Crippen LogP contribution in [0.25, 0.3) is 82.3 Å². The van der Waals surface area contributed by atoms with Crippen molar-refractivity contribution in [3.63, 3.8) is 0 Å². The van der Waals surface area contributed by atoms with Gasteiger partial charge in [0.1, 0.15) is 5.65 Å². The Labute approximate surface area is 245 Å². The third-order valence-electron chi connectivity index (χ3n) is 8.96. The molecule has 5 heterocycles. The van der Waals surface area contributed by atoms with Crippen LogP contribution in [0.4, 0.5) is 0 Å². The standard InChI is InChI=1S/C38H23N5/c1-3-9-24(10-4-1)42-31-14-8-7-13-28(31)34-32(42)17-18-33-35(34)29-16-15-26-30-23-39-20-19-27(30)38-40-21-22-41(38)36(26)37(29)43(33)25-11-5-2-6-12-25/h1-23H. The van der Waals surface area contributed by atoms with Crippen LogP contribution in [0.5, 0.6) is 0 Å². The number of hydrogen-bond donors (Lipinski definition) is 0. The summed E-state index contributed by atoms with van der Waals surface area (Å²) in [6, 6.07) is 41.4. The molecule has 0 atom stereocenters. The Hall–Kier alpha value is -5.94. The average Bonchev–Trinajstić information content (AvgIpc) is 3.78. The van der Waals surface area contributed by atoms with Gasteiger partial charge in [0.05, 0.1) is 27.6 Å². The monoisotopic (exact) mass is 549 g/mol. The second-order valence-electron chi connectivity index (χ2n) is 11.1. The number of fused-ring (bicyclic) bond motifs is 14. The van der Waals surface area contributed by atoms with Crippen LogP contribution in [0.15, 0.2) is 140 Å². The number of rotatable bonds is 2. The van der Waals surface area contributed by atoms with Gasteiger partial charge in [-0.2, -0.15) is 0 Å². The Morgan fingerprint density at radius 1 is 0.442 bits per heavy atom. The van der Waals surface area contributed by atoms with Crippen molar-refractivity contribution in [3.05, 3.63) is 140 Å². The predicted molar refractivity (Wildman–Crippen MR) is 177 cm³/mol. The molecule has 0 aliphatic rings. The third-order valence-corrected chi connectivity index (χ3v) is 8.96. The summed E-state index contributed by atoms with van der Waals surface area (Å²) in [6.45, 7) is 0. The molecule has 0 unspecified atom stereocenters. The van der Waals surface area contributed by atoms with Crippen LogP contribution in [0, 0.1) is 0 Å². The molecule has 0 fully saturated rings. The molecule has 0 radical (unpaired) electrons. The van der Waals surface area contributed by atoms with Gasteiger partial charge >= 0.3 is 0 Å². The quantitative estimate of drug-likeness (QED) is 0.202. The Bertz CT molecular complexity index is 2710. The fourth-order valence-corrected chi connectivity index (χ4v) is 7.29. The summed E-state index contributed by atoms with van der Waals surface area (Å²) in [5, 5.41) is 8.34. The van der Waals surface area contributed by atoms with Gasteiger partial charge in [-0.25, -0.2) is 4.98 Å². The van der Waals surface area contributed by atoms with Crippen LogP contribution in [0.2, 0.25) is 0 Å². The summed E-state index contributed by atoms with van der Waals surface area (Å²) >= 11 is 0. The molecule has 5 aromatic carbocycles. The second-order valence-corrected chi connectivity index (χ2v) is 11.1. The summed E-state index contributed by atoms with van der Waals surface area (Å²) in [6.07, 6.45) is 7.80. The number of pyridine rings is 2. The summed E-state index contributed by atoms with van der Waals surface area (Å²) in [7, 11) is 0. The van der Waals surface area contributed by atoms with Crippen molar-refractivity contribution in [3.8, 4) is 11.4 Å². The summed E-state index contributed by atoms with van der Waals surface area (Å²) in [5.41, 5.74) is 9.09. The van der Waals surface area contributed by atoms with Crippen LogP contribution in [-0.4, -0.2) is 23.5 Å². The first-order chi connectivity index (χ1) is 21.4. The zero-order valence-corrected chi connectivity index (χ0v) is 23.0. The zero-order chi connectivity index (χ0) is 28.1. The lowest BCUT2D eigenvalue weighted by atomic mass is 10.0. The zero-order valence-electron chi connectivity index (χ0n) is 23.0. The van der Waals surface area contributed by atoms with E-state index in [1.165, 1.54) is 38.1 Å². The molecule has 0 spiro atoms. The molecular formula is C38H23N5. The van der Waals surface area contributed by atoms with Gasteiger partial charge in [0, 0.05) is 73.9 Å². The number of para-hydroxylation sites is 3. The van der Waals surface area contributed by atoms with E-state index >= 15 is 0 Å². The van der Waals surface area contributed by atoms with Crippen LogP contribution in [0.3, 0.4) is 0 Å². The lowest BCUT2D eigenvalue weighted by molar-refractivity contribution is 1.17. The molecular weight excluding hydrogens is 526 g/mol. The summed E-state index contributed by atoms with van der Waals surface area (Å²) in [4.78, 5) is 9.33. The first kappa shape index (κ1) is 22.7. The Kier molecular flexibility index (Phi) is 4.39. The van der Waals surface area contributed by atoms with E-state index in [9.17, 15) is 0 Å². The Morgan fingerprint density at radius 2 is 1.12 bits per heavy atom. The third kappa shape index (κ3) is 2.90. The molecule has 200 valence electrons. The van der Waals surface area contributed by atoms with Crippen molar-refractivity contribution in [1.29, 1.82) is 0 Å².